The molecule has 7 rings (SSSR count). The Morgan fingerprint density at radius 2 is 2.00 bits per heavy atom. The predicted molar refractivity (Wildman–Crippen MR) is 113 cm³/mol. The van der Waals surface area contributed by atoms with Crippen LogP contribution in [0.3, 0.4) is 0 Å². The van der Waals surface area contributed by atoms with E-state index in [-0.39, 0.29) is 29.3 Å². The molecular weight excluding hydrogens is 475 g/mol. The van der Waals surface area contributed by atoms with E-state index in [1.165, 1.54) is 0 Å². The van der Waals surface area contributed by atoms with Crippen molar-refractivity contribution in [3.63, 3.8) is 0 Å². The summed E-state index contributed by atoms with van der Waals surface area (Å²) in [6, 6.07) is 4.96. The molecule has 1 aromatic carbocycles. The van der Waals surface area contributed by atoms with Crippen LogP contribution < -0.4 is 10.1 Å². The molecule has 4 fully saturated rings. The van der Waals surface area contributed by atoms with Gasteiger partial charge in [0.15, 0.2) is 6.10 Å². The number of aliphatic hydroxyl groups excluding tert-OH is 1. The minimum atomic E-state index is -4.59. The van der Waals surface area contributed by atoms with Crippen LogP contribution in [-0.4, -0.2) is 44.9 Å². The van der Waals surface area contributed by atoms with Crippen molar-refractivity contribution < 1.29 is 32.5 Å². The molecule has 0 radical (unpaired) electrons. The molecule has 0 unspecified atom stereocenters. The third-order valence-electron chi connectivity index (χ3n) is 7.68. The first-order valence-electron chi connectivity index (χ1n) is 11.3. The summed E-state index contributed by atoms with van der Waals surface area (Å²) in [6.07, 6.45) is -0.318. The van der Waals surface area contributed by atoms with Gasteiger partial charge in [-0.25, -0.2) is 0 Å². The van der Waals surface area contributed by atoms with Gasteiger partial charge in [-0.05, 0) is 61.8 Å². The predicted octanol–water partition coefficient (Wildman–Crippen LogP) is 3.95. The highest BCUT2D eigenvalue weighted by molar-refractivity contribution is 6.30. The quantitative estimate of drug-likeness (QED) is 0.653. The van der Waals surface area contributed by atoms with E-state index in [1.807, 2.05) is 10.9 Å². The summed E-state index contributed by atoms with van der Waals surface area (Å²) in [5, 5.41) is 18.5. The third kappa shape index (κ3) is 3.67. The standard InChI is InChI=1S/C23H23ClF3N3O4/c24-14-1-2-18-16(5-14)17(31)6-19(33-18)20(32)29-21-9-22(10-21,11-21)30-8-13(7-28-30)12-3-15(4-12)34-23(25,26)27/h1-2,5,7-8,12,15,17,19,31H,3-4,6,9-11H2,(H,29,32)/t12-,15+,17-,19-,21?,22?/m1/s1. The number of carbonyl (C=O) groups excluding carboxylic acids is 1. The molecule has 0 spiro atoms. The van der Waals surface area contributed by atoms with E-state index < -0.39 is 24.7 Å². The van der Waals surface area contributed by atoms with Crippen LogP contribution in [0.1, 0.15) is 61.7 Å². The summed E-state index contributed by atoms with van der Waals surface area (Å²) >= 11 is 5.98. The number of nitrogens with zero attached hydrogens (tertiary/aromatic N) is 2. The largest absolute Gasteiger partial charge is 0.522 e. The number of nitrogens with one attached hydrogen (secondary N) is 1. The zero-order valence-electron chi connectivity index (χ0n) is 18.0. The van der Waals surface area contributed by atoms with E-state index in [2.05, 4.69) is 15.2 Å². The van der Waals surface area contributed by atoms with Crippen LogP contribution in [0.25, 0.3) is 0 Å². The molecular formula is C23H23ClF3N3O4. The van der Waals surface area contributed by atoms with Crippen molar-refractivity contribution in [2.75, 3.05) is 0 Å². The Balaban J connectivity index is 1.03. The van der Waals surface area contributed by atoms with Crippen LogP contribution in [0, 0.1) is 0 Å². The second-order valence-electron chi connectivity index (χ2n) is 10.1. The number of amides is 1. The maximum atomic E-state index is 12.9. The van der Waals surface area contributed by atoms with Crippen LogP contribution in [0.4, 0.5) is 13.2 Å². The summed E-state index contributed by atoms with van der Waals surface area (Å²) in [5.74, 6) is 0.231. The summed E-state index contributed by atoms with van der Waals surface area (Å²) in [6.45, 7) is 0. The van der Waals surface area contributed by atoms with Crippen LogP contribution in [0.5, 0.6) is 5.75 Å². The Morgan fingerprint density at radius 3 is 2.71 bits per heavy atom. The second-order valence-corrected chi connectivity index (χ2v) is 10.6. The minimum absolute atomic E-state index is 0.0229. The first-order chi connectivity index (χ1) is 16.0. The number of aliphatic hydroxyl groups is 1. The highest BCUT2D eigenvalue weighted by Crippen LogP contribution is 2.65. The smallest absolute Gasteiger partial charge is 0.480 e. The maximum Gasteiger partial charge on any atom is 0.522 e. The Bertz CT molecular complexity index is 1130. The average molecular weight is 498 g/mol. The second kappa shape index (κ2) is 7.35. The molecule has 7 nitrogen and oxygen atoms in total. The van der Waals surface area contributed by atoms with Gasteiger partial charge >= 0.3 is 6.36 Å². The number of fused-ring (bicyclic) bond motifs is 1. The van der Waals surface area contributed by atoms with Gasteiger partial charge in [0.1, 0.15) is 5.75 Å². The molecule has 2 bridgehead atoms. The van der Waals surface area contributed by atoms with Gasteiger partial charge < -0.3 is 15.2 Å². The number of halogens is 4. The van der Waals surface area contributed by atoms with E-state index in [0.717, 1.165) is 24.8 Å². The van der Waals surface area contributed by atoms with Crippen molar-refractivity contribution in [3.05, 3.63) is 46.7 Å². The molecule has 5 aliphatic rings. The number of hydrogen-bond donors (Lipinski definition) is 2. The lowest BCUT2D eigenvalue weighted by atomic mass is 9.44. The van der Waals surface area contributed by atoms with Gasteiger partial charge in [0, 0.05) is 28.7 Å². The lowest BCUT2D eigenvalue weighted by molar-refractivity contribution is -0.351. The van der Waals surface area contributed by atoms with Crippen LogP contribution in [-0.2, 0) is 15.1 Å². The zero-order valence-corrected chi connectivity index (χ0v) is 18.8. The lowest BCUT2D eigenvalue weighted by Crippen LogP contribution is -2.79. The molecule has 1 amide bonds. The fraction of sp³-hybridized carbons (Fsp3) is 0.565. The molecule has 2 N–H and O–H groups in total. The summed E-state index contributed by atoms with van der Waals surface area (Å²) in [7, 11) is 0. The molecule has 182 valence electrons. The molecule has 1 aromatic heterocycles. The number of rotatable bonds is 5. The van der Waals surface area contributed by atoms with Gasteiger partial charge in [-0.3, -0.25) is 14.2 Å². The number of aromatic nitrogens is 2. The Labute approximate surface area is 198 Å². The van der Waals surface area contributed by atoms with Crippen molar-refractivity contribution in [1.82, 2.24) is 15.1 Å². The van der Waals surface area contributed by atoms with Crippen LogP contribution in [0.15, 0.2) is 30.6 Å². The van der Waals surface area contributed by atoms with E-state index in [0.29, 0.717) is 29.2 Å². The topological polar surface area (TPSA) is 85.6 Å². The van der Waals surface area contributed by atoms with E-state index in [4.69, 9.17) is 16.3 Å². The highest BCUT2D eigenvalue weighted by atomic mass is 35.5. The van der Waals surface area contributed by atoms with E-state index in [1.54, 1.807) is 24.4 Å². The van der Waals surface area contributed by atoms with Gasteiger partial charge in [0.25, 0.3) is 5.91 Å². The van der Waals surface area contributed by atoms with Gasteiger partial charge in [0.05, 0.1) is 23.9 Å². The van der Waals surface area contributed by atoms with E-state index in [9.17, 15) is 23.1 Å². The Morgan fingerprint density at radius 1 is 1.26 bits per heavy atom. The first kappa shape index (κ1) is 22.2. The number of ether oxygens (including phenoxy) is 2. The summed E-state index contributed by atoms with van der Waals surface area (Å²) < 4.78 is 48.8. The third-order valence-corrected chi connectivity index (χ3v) is 7.91. The molecule has 4 aliphatic carbocycles. The summed E-state index contributed by atoms with van der Waals surface area (Å²) in [4.78, 5) is 12.9. The number of hydrogen-bond acceptors (Lipinski definition) is 5. The Hall–Kier alpha value is -2.30. The minimum Gasteiger partial charge on any atom is -0.480 e. The van der Waals surface area contributed by atoms with Crippen molar-refractivity contribution in [2.24, 2.45) is 0 Å². The van der Waals surface area contributed by atoms with Gasteiger partial charge in [-0.15, -0.1) is 13.2 Å². The molecule has 0 saturated heterocycles. The molecule has 1 aliphatic heterocycles. The molecule has 2 aromatic rings. The average Bonchev–Trinajstić information content (AvgIpc) is 3.14. The van der Waals surface area contributed by atoms with Gasteiger partial charge in [0.2, 0.25) is 0 Å². The first-order valence-corrected chi connectivity index (χ1v) is 11.7. The van der Waals surface area contributed by atoms with Crippen LogP contribution in [0.2, 0.25) is 5.02 Å². The van der Waals surface area contributed by atoms with Gasteiger partial charge in [-0.1, -0.05) is 11.6 Å². The maximum absolute atomic E-state index is 12.9. The lowest BCUT2D eigenvalue weighted by Gasteiger charge is -2.70. The number of benzene rings is 1. The van der Waals surface area contributed by atoms with Gasteiger partial charge in [-0.2, -0.15) is 5.10 Å². The highest BCUT2D eigenvalue weighted by Gasteiger charge is 2.70. The molecule has 2 atom stereocenters. The SMILES string of the molecule is O=C(NC12CC(n3cc([C@H]4C[C@@H](OC(F)(F)F)C4)cn3)(C1)C2)[C@H]1C[C@@H](O)c2cc(Cl)ccc2O1. The molecule has 34 heavy (non-hydrogen) atoms. The number of carbonyl (C=O) groups is 1. The monoisotopic (exact) mass is 497 g/mol. The normalized spacial score (nSPS) is 35.8. The Kier molecular flexibility index (Phi) is 4.80. The number of alkyl halides is 3. The molecule has 11 heteroatoms. The van der Waals surface area contributed by atoms with Crippen molar-refractivity contribution in [2.45, 2.75) is 80.2 Å². The van der Waals surface area contributed by atoms with Crippen molar-refractivity contribution >= 4 is 17.5 Å². The zero-order chi connectivity index (χ0) is 23.9. The fourth-order valence-corrected chi connectivity index (χ4v) is 6.14. The van der Waals surface area contributed by atoms with Crippen LogP contribution >= 0.6 is 11.6 Å². The fourth-order valence-electron chi connectivity index (χ4n) is 5.96. The summed E-state index contributed by atoms with van der Waals surface area (Å²) in [5.41, 5.74) is 1.04. The van der Waals surface area contributed by atoms with Crippen molar-refractivity contribution in [1.29, 1.82) is 0 Å². The van der Waals surface area contributed by atoms with E-state index >= 15 is 0 Å². The van der Waals surface area contributed by atoms with Crippen molar-refractivity contribution in [3.8, 4) is 5.75 Å². The molecule has 2 heterocycles. The molecule has 4 saturated carbocycles.